The molecular formula is C12H17N3O5S. The van der Waals surface area contributed by atoms with Crippen LogP contribution in [0.3, 0.4) is 0 Å². The minimum atomic E-state index is -4.15. The first kappa shape index (κ1) is 17.1. The van der Waals surface area contributed by atoms with Crippen LogP contribution >= 0.6 is 0 Å². The van der Waals surface area contributed by atoms with Gasteiger partial charge >= 0.3 is 0 Å². The summed E-state index contributed by atoms with van der Waals surface area (Å²) in [6.07, 6.45) is 0.246. The van der Waals surface area contributed by atoms with E-state index in [-0.39, 0.29) is 6.42 Å². The predicted octanol–water partition coefficient (Wildman–Crippen LogP) is 0.740. The molecule has 1 aromatic carbocycles. The van der Waals surface area contributed by atoms with Crippen LogP contribution < -0.4 is 5.32 Å². The van der Waals surface area contributed by atoms with Crippen molar-refractivity contribution in [3.63, 3.8) is 0 Å². The van der Waals surface area contributed by atoms with E-state index in [2.05, 4.69) is 5.32 Å². The molecule has 0 aliphatic heterocycles. The van der Waals surface area contributed by atoms with Gasteiger partial charge in [-0.15, -0.1) is 0 Å². The fourth-order valence-corrected chi connectivity index (χ4v) is 3.47. The summed E-state index contributed by atoms with van der Waals surface area (Å²) in [7, 11) is -1.52. The Balaban J connectivity index is 3.34. The van der Waals surface area contributed by atoms with Crippen molar-refractivity contribution < 1.29 is 18.1 Å². The zero-order valence-electron chi connectivity index (χ0n) is 11.9. The van der Waals surface area contributed by atoms with Gasteiger partial charge in [-0.05, 0) is 12.5 Å². The number of amides is 1. The van der Waals surface area contributed by atoms with E-state index in [1.165, 1.54) is 26.2 Å². The molecule has 1 rings (SSSR count). The quantitative estimate of drug-likeness (QED) is 0.615. The standard InChI is InChI=1S/C12H17N3O5S/c1-4-9(12(16)13-2)14(3)21(19,20)11-8-6-5-7-10(11)15(17)18/h5-9H,4H2,1-3H3,(H,13,16)/t9-/m0/s1. The van der Waals surface area contributed by atoms with Crippen LogP contribution in [0.5, 0.6) is 0 Å². The Morgan fingerprint density at radius 3 is 2.48 bits per heavy atom. The summed E-state index contributed by atoms with van der Waals surface area (Å²) in [5.74, 6) is -0.470. The molecule has 0 fully saturated rings. The molecule has 0 unspecified atom stereocenters. The molecule has 0 bridgehead atoms. The van der Waals surface area contributed by atoms with Crippen molar-refractivity contribution in [2.75, 3.05) is 14.1 Å². The largest absolute Gasteiger partial charge is 0.358 e. The second-order valence-corrected chi connectivity index (χ2v) is 6.25. The van der Waals surface area contributed by atoms with Gasteiger partial charge in [0.15, 0.2) is 4.90 Å². The van der Waals surface area contributed by atoms with Crippen LogP contribution in [0, 0.1) is 10.1 Å². The van der Waals surface area contributed by atoms with Gasteiger partial charge in [-0.2, -0.15) is 4.31 Å². The second-order valence-electron chi connectivity index (χ2n) is 4.28. The van der Waals surface area contributed by atoms with Crippen molar-refractivity contribution in [1.29, 1.82) is 0 Å². The summed E-state index contributed by atoms with van der Waals surface area (Å²) >= 11 is 0. The van der Waals surface area contributed by atoms with Crippen molar-refractivity contribution in [2.45, 2.75) is 24.3 Å². The molecule has 0 radical (unpaired) electrons. The molecule has 0 heterocycles. The van der Waals surface area contributed by atoms with Crippen molar-refractivity contribution in [3.8, 4) is 0 Å². The summed E-state index contributed by atoms with van der Waals surface area (Å²) in [6, 6.07) is 4.11. The maximum absolute atomic E-state index is 12.5. The number of carbonyl (C=O) groups excluding carboxylic acids is 1. The van der Waals surface area contributed by atoms with Crippen molar-refractivity contribution in [3.05, 3.63) is 34.4 Å². The Hall–Kier alpha value is -2.00. The van der Waals surface area contributed by atoms with E-state index in [4.69, 9.17) is 0 Å². The molecule has 1 N–H and O–H groups in total. The molecule has 116 valence electrons. The SMILES string of the molecule is CC[C@@H](C(=O)NC)N(C)S(=O)(=O)c1ccccc1[N+](=O)[O-]. The molecule has 1 amide bonds. The molecule has 0 saturated heterocycles. The van der Waals surface area contributed by atoms with Crippen molar-refractivity contribution in [1.82, 2.24) is 9.62 Å². The monoisotopic (exact) mass is 315 g/mol. The lowest BCUT2D eigenvalue weighted by Gasteiger charge is -2.24. The minimum Gasteiger partial charge on any atom is -0.358 e. The Morgan fingerprint density at radius 1 is 1.43 bits per heavy atom. The van der Waals surface area contributed by atoms with Crippen LogP contribution in [0.4, 0.5) is 5.69 Å². The highest BCUT2D eigenvalue weighted by Crippen LogP contribution is 2.27. The molecule has 0 saturated carbocycles. The molecular weight excluding hydrogens is 298 g/mol. The maximum atomic E-state index is 12.5. The fourth-order valence-electron chi connectivity index (χ4n) is 1.92. The van der Waals surface area contributed by atoms with Crippen LogP contribution in [-0.2, 0) is 14.8 Å². The predicted molar refractivity (Wildman–Crippen MR) is 76.2 cm³/mol. The molecule has 0 aliphatic rings. The third-order valence-electron chi connectivity index (χ3n) is 3.09. The number of benzene rings is 1. The first-order valence-electron chi connectivity index (χ1n) is 6.20. The smallest absolute Gasteiger partial charge is 0.289 e. The first-order chi connectivity index (χ1) is 9.77. The van der Waals surface area contributed by atoms with E-state index in [9.17, 15) is 23.3 Å². The summed E-state index contributed by atoms with van der Waals surface area (Å²) in [5, 5.41) is 13.3. The van der Waals surface area contributed by atoms with E-state index in [0.717, 1.165) is 16.4 Å². The van der Waals surface area contributed by atoms with E-state index >= 15 is 0 Å². The number of nitro benzene ring substituents is 1. The van der Waals surface area contributed by atoms with Crippen LogP contribution in [0.25, 0.3) is 0 Å². The molecule has 1 aromatic rings. The molecule has 8 nitrogen and oxygen atoms in total. The summed E-state index contributed by atoms with van der Waals surface area (Å²) in [4.78, 5) is 21.5. The van der Waals surface area contributed by atoms with Crippen LogP contribution in [0.15, 0.2) is 29.2 Å². The topological polar surface area (TPSA) is 110 Å². The number of nitro groups is 1. The highest BCUT2D eigenvalue weighted by molar-refractivity contribution is 7.89. The van der Waals surface area contributed by atoms with Gasteiger partial charge in [0, 0.05) is 20.2 Å². The summed E-state index contributed by atoms with van der Waals surface area (Å²) < 4.78 is 25.9. The number of likely N-dealkylation sites (N-methyl/N-ethyl adjacent to an activating group) is 2. The van der Waals surface area contributed by atoms with Crippen molar-refractivity contribution in [2.24, 2.45) is 0 Å². The van der Waals surface area contributed by atoms with E-state index in [0.29, 0.717) is 0 Å². The third-order valence-corrected chi connectivity index (χ3v) is 5.01. The van der Waals surface area contributed by atoms with Gasteiger partial charge in [0.25, 0.3) is 5.69 Å². The Labute approximate surface area is 123 Å². The van der Waals surface area contributed by atoms with Crippen molar-refractivity contribution >= 4 is 21.6 Å². The van der Waals surface area contributed by atoms with Gasteiger partial charge in [0.2, 0.25) is 15.9 Å². The highest BCUT2D eigenvalue weighted by atomic mass is 32.2. The van der Waals surface area contributed by atoms with Gasteiger partial charge < -0.3 is 5.32 Å². The highest BCUT2D eigenvalue weighted by Gasteiger charge is 2.35. The molecule has 9 heteroatoms. The first-order valence-corrected chi connectivity index (χ1v) is 7.64. The lowest BCUT2D eigenvalue weighted by molar-refractivity contribution is -0.387. The summed E-state index contributed by atoms with van der Waals surface area (Å²) in [6.45, 7) is 1.66. The molecule has 0 aliphatic carbocycles. The Bertz CT molecular complexity index is 644. The second kappa shape index (κ2) is 6.64. The fraction of sp³-hybridized carbons (Fsp3) is 0.417. The van der Waals surface area contributed by atoms with Gasteiger partial charge in [-0.3, -0.25) is 14.9 Å². The molecule has 21 heavy (non-hydrogen) atoms. The normalized spacial score (nSPS) is 13.0. The van der Waals surface area contributed by atoms with Gasteiger partial charge in [0.05, 0.1) is 4.92 Å². The molecule has 0 aromatic heterocycles. The number of carbonyl (C=O) groups is 1. The number of rotatable bonds is 6. The van der Waals surface area contributed by atoms with Gasteiger partial charge in [0.1, 0.15) is 6.04 Å². The third kappa shape index (κ3) is 3.37. The van der Waals surface area contributed by atoms with E-state index in [1.807, 2.05) is 0 Å². The summed E-state index contributed by atoms with van der Waals surface area (Å²) in [5.41, 5.74) is -0.517. The van der Waals surface area contributed by atoms with Crippen LogP contribution in [-0.4, -0.2) is 43.7 Å². The number of para-hydroxylation sites is 1. The van der Waals surface area contributed by atoms with Crippen LogP contribution in [0.2, 0.25) is 0 Å². The number of nitrogens with zero attached hydrogens (tertiary/aromatic N) is 2. The van der Waals surface area contributed by atoms with E-state index < -0.39 is 37.5 Å². The van der Waals surface area contributed by atoms with E-state index in [1.54, 1.807) is 6.92 Å². The average molecular weight is 315 g/mol. The lowest BCUT2D eigenvalue weighted by atomic mass is 10.2. The number of hydrogen-bond donors (Lipinski definition) is 1. The molecule has 0 spiro atoms. The van der Waals surface area contributed by atoms with Gasteiger partial charge in [-0.1, -0.05) is 19.1 Å². The Morgan fingerprint density at radius 2 is 2.00 bits per heavy atom. The van der Waals surface area contributed by atoms with Crippen LogP contribution in [0.1, 0.15) is 13.3 Å². The maximum Gasteiger partial charge on any atom is 0.289 e. The average Bonchev–Trinajstić information content (AvgIpc) is 2.47. The lowest BCUT2D eigenvalue weighted by Crippen LogP contribution is -2.46. The number of hydrogen-bond acceptors (Lipinski definition) is 5. The minimum absolute atomic E-state index is 0.246. The molecule has 1 atom stereocenters. The number of sulfonamides is 1. The zero-order chi connectivity index (χ0) is 16.2. The van der Waals surface area contributed by atoms with Gasteiger partial charge in [-0.25, -0.2) is 8.42 Å². The Kier molecular flexibility index (Phi) is 5.39. The zero-order valence-corrected chi connectivity index (χ0v) is 12.8. The number of nitrogens with one attached hydrogen (secondary N) is 1.